The summed E-state index contributed by atoms with van der Waals surface area (Å²) in [6.07, 6.45) is 11.8. The van der Waals surface area contributed by atoms with Crippen LogP contribution in [-0.2, 0) is 0 Å². The quantitative estimate of drug-likeness (QED) is 0.516. The molecule has 0 aromatic heterocycles. The van der Waals surface area contributed by atoms with Crippen molar-refractivity contribution in [3.8, 4) is 30.4 Å². The largest absolute Gasteiger partial charge is 0.507 e. The molecule has 0 spiro atoms. The Morgan fingerprint density at radius 3 is 2.32 bits per heavy atom. The molecular formula is C18H12N2O2. The Bertz CT molecular complexity index is 806. The Morgan fingerprint density at radius 2 is 1.73 bits per heavy atom. The Hall–Kier alpha value is -3.50. The third-order valence-electron chi connectivity index (χ3n) is 2.88. The average molecular weight is 288 g/mol. The maximum atomic E-state index is 11.9. The van der Waals surface area contributed by atoms with Crippen molar-refractivity contribution >= 4 is 12.1 Å². The Labute approximate surface area is 128 Å². The zero-order chi connectivity index (χ0) is 15.9. The van der Waals surface area contributed by atoms with E-state index in [2.05, 4.69) is 22.4 Å². The second kappa shape index (κ2) is 6.78. The number of nitrogens with zero attached hydrogens (tertiary/aromatic N) is 1. The Morgan fingerprint density at radius 1 is 1.09 bits per heavy atom. The minimum atomic E-state index is -0.375. The van der Waals surface area contributed by atoms with Crippen molar-refractivity contribution in [2.45, 2.75) is 0 Å². The van der Waals surface area contributed by atoms with Crippen LogP contribution in [0.15, 0.2) is 47.6 Å². The Kier molecular flexibility index (Phi) is 4.59. The van der Waals surface area contributed by atoms with Crippen LogP contribution in [0.1, 0.15) is 27.0 Å². The number of hydrogen-bond donors (Lipinski definition) is 2. The molecule has 4 heteroatoms. The highest BCUT2D eigenvalue weighted by Gasteiger charge is 2.04. The summed E-state index contributed by atoms with van der Waals surface area (Å²) in [7, 11) is 0. The van der Waals surface area contributed by atoms with E-state index in [4.69, 9.17) is 12.8 Å². The first-order valence-corrected chi connectivity index (χ1v) is 6.33. The molecule has 2 aromatic rings. The standard InChI is InChI=1S/C18H12N2O2/c1-3-13-5-8-15(9-6-13)18(22)20-19-12-16-10-7-14(4-2)11-17(16)21/h1-2,5-12,21H,(H,20,22). The van der Waals surface area contributed by atoms with E-state index in [-0.39, 0.29) is 11.7 Å². The number of carbonyl (C=O) groups excluding carboxylic acids is 1. The molecule has 0 radical (unpaired) electrons. The van der Waals surface area contributed by atoms with Gasteiger partial charge in [0.15, 0.2) is 0 Å². The lowest BCUT2D eigenvalue weighted by molar-refractivity contribution is 0.0955. The molecule has 0 fully saturated rings. The summed E-state index contributed by atoms with van der Waals surface area (Å²) < 4.78 is 0. The first-order valence-electron chi connectivity index (χ1n) is 6.33. The number of nitrogens with one attached hydrogen (secondary N) is 1. The van der Waals surface area contributed by atoms with Gasteiger partial charge >= 0.3 is 0 Å². The first-order chi connectivity index (χ1) is 10.6. The minimum absolute atomic E-state index is 0.00757. The molecule has 4 nitrogen and oxygen atoms in total. The number of phenolic OH excluding ortho intramolecular Hbond substituents is 1. The van der Waals surface area contributed by atoms with Gasteiger partial charge in [-0.15, -0.1) is 12.8 Å². The fourth-order valence-corrected chi connectivity index (χ4v) is 1.69. The lowest BCUT2D eigenvalue weighted by atomic mass is 10.1. The van der Waals surface area contributed by atoms with Crippen LogP contribution < -0.4 is 5.43 Å². The van der Waals surface area contributed by atoms with E-state index >= 15 is 0 Å². The summed E-state index contributed by atoms with van der Waals surface area (Å²) in [5.74, 6) is 4.50. The molecule has 2 rings (SSSR count). The molecule has 0 bridgehead atoms. The number of phenols is 1. The van der Waals surface area contributed by atoms with Gasteiger partial charge in [0.1, 0.15) is 5.75 Å². The number of rotatable bonds is 3. The van der Waals surface area contributed by atoms with Gasteiger partial charge < -0.3 is 5.11 Å². The van der Waals surface area contributed by atoms with Crippen LogP contribution >= 0.6 is 0 Å². The van der Waals surface area contributed by atoms with E-state index in [9.17, 15) is 9.90 Å². The van der Waals surface area contributed by atoms with Gasteiger partial charge in [-0.05, 0) is 42.5 Å². The fraction of sp³-hybridized carbons (Fsp3) is 0. The highest BCUT2D eigenvalue weighted by Crippen LogP contribution is 2.16. The van der Waals surface area contributed by atoms with E-state index < -0.39 is 0 Å². The van der Waals surface area contributed by atoms with Crippen LogP contribution in [0.2, 0.25) is 0 Å². The van der Waals surface area contributed by atoms with Crippen LogP contribution in [0.5, 0.6) is 5.75 Å². The second-order valence-electron chi connectivity index (χ2n) is 4.34. The zero-order valence-corrected chi connectivity index (χ0v) is 11.6. The average Bonchev–Trinajstić information content (AvgIpc) is 2.56. The third kappa shape index (κ3) is 3.53. The van der Waals surface area contributed by atoms with Crippen molar-refractivity contribution in [1.82, 2.24) is 5.43 Å². The molecule has 0 saturated carbocycles. The molecule has 0 aliphatic carbocycles. The van der Waals surface area contributed by atoms with E-state index in [0.29, 0.717) is 22.3 Å². The molecular weight excluding hydrogens is 276 g/mol. The molecule has 2 aromatic carbocycles. The molecule has 0 aliphatic heterocycles. The van der Waals surface area contributed by atoms with Crippen molar-refractivity contribution in [3.05, 3.63) is 64.7 Å². The van der Waals surface area contributed by atoms with Crippen molar-refractivity contribution in [3.63, 3.8) is 0 Å². The minimum Gasteiger partial charge on any atom is -0.507 e. The van der Waals surface area contributed by atoms with Crippen molar-refractivity contribution in [2.24, 2.45) is 5.10 Å². The highest BCUT2D eigenvalue weighted by atomic mass is 16.3. The number of hydrogen-bond acceptors (Lipinski definition) is 3. The molecule has 2 N–H and O–H groups in total. The van der Waals surface area contributed by atoms with Gasteiger partial charge in [-0.25, -0.2) is 5.43 Å². The number of hydrazone groups is 1. The lowest BCUT2D eigenvalue weighted by Gasteiger charge is -2.01. The van der Waals surface area contributed by atoms with E-state index in [1.54, 1.807) is 36.4 Å². The normalized spacial score (nSPS) is 9.91. The predicted octanol–water partition coefficient (Wildman–Crippen LogP) is 2.12. The van der Waals surface area contributed by atoms with Crippen LogP contribution in [0, 0.1) is 24.7 Å². The van der Waals surface area contributed by atoms with E-state index in [0.717, 1.165) is 0 Å². The lowest BCUT2D eigenvalue weighted by Crippen LogP contribution is -2.17. The molecule has 0 atom stereocenters. The smallest absolute Gasteiger partial charge is 0.271 e. The SMILES string of the molecule is C#Cc1ccc(C(=O)NN=Cc2ccc(C#C)cc2O)cc1. The summed E-state index contributed by atoms with van der Waals surface area (Å²) in [6, 6.07) is 11.3. The van der Waals surface area contributed by atoms with Crippen LogP contribution in [0.4, 0.5) is 0 Å². The van der Waals surface area contributed by atoms with Crippen molar-refractivity contribution in [1.29, 1.82) is 0 Å². The number of terminal acetylenes is 2. The van der Waals surface area contributed by atoms with Gasteiger partial charge in [-0.2, -0.15) is 5.10 Å². The second-order valence-corrected chi connectivity index (χ2v) is 4.34. The molecule has 0 aliphatic rings. The molecule has 1 amide bonds. The summed E-state index contributed by atoms with van der Waals surface area (Å²) in [5.41, 5.74) is 4.50. The first kappa shape index (κ1) is 14.9. The zero-order valence-electron chi connectivity index (χ0n) is 11.6. The molecule has 106 valence electrons. The van der Waals surface area contributed by atoms with Crippen molar-refractivity contribution in [2.75, 3.05) is 0 Å². The molecule has 22 heavy (non-hydrogen) atoms. The topological polar surface area (TPSA) is 61.7 Å². The number of aromatic hydroxyl groups is 1. The fourth-order valence-electron chi connectivity index (χ4n) is 1.69. The van der Waals surface area contributed by atoms with Gasteiger partial charge in [0.25, 0.3) is 5.91 Å². The summed E-state index contributed by atoms with van der Waals surface area (Å²) in [4.78, 5) is 11.9. The maximum absolute atomic E-state index is 11.9. The molecule has 0 saturated heterocycles. The van der Waals surface area contributed by atoms with Crippen molar-refractivity contribution < 1.29 is 9.90 Å². The highest BCUT2D eigenvalue weighted by molar-refractivity contribution is 5.95. The van der Waals surface area contributed by atoms with Gasteiger partial charge in [0.2, 0.25) is 0 Å². The van der Waals surface area contributed by atoms with Gasteiger partial charge in [-0.3, -0.25) is 4.79 Å². The molecule has 0 heterocycles. The summed E-state index contributed by atoms with van der Waals surface area (Å²) in [5, 5.41) is 13.5. The Balaban J connectivity index is 2.04. The third-order valence-corrected chi connectivity index (χ3v) is 2.88. The number of benzene rings is 2. The van der Waals surface area contributed by atoms with Gasteiger partial charge in [0.05, 0.1) is 6.21 Å². The van der Waals surface area contributed by atoms with E-state index in [1.165, 1.54) is 12.3 Å². The van der Waals surface area contributed by atoms with Crippen LogP contribution in [0.25, 0.3) is 0 Å². The van der Waals surface area contributed by atoms with Gasteiger partial charge in [-0.1, -0.05) is 11.8 Å². The number of carbonyl (C=O) groups is 1. The maximum Gasteiger partial charge on any atom is 0.271 e. The predicted molar refractivity (Wildman–Crippen MR) is 85.5 cm³/mol. The number of amides is 1. The summed E-state index contributed by atoms with van der Waals surface area (Å²) in [6.45, 7) is 0. The monoisotopic (exact) mass is 288 g/mol. The molecule has 0 unspecified atom stereocenters. The van der Waals surface area contributed by atoms with Crippen LogP contribution in [-0.4, -0.2) is 17.2 Å². The summed E-state index contributed by atoms with van der Waals surface area (Å²) >= 11 is 0. The van der Waals surface area contributed by atoms with Gasteiger partial charge in [0, 0.05) is 22.3 Å². The van der Waals surface area contributed by atoms with Crippen LogP contribution in [0.3, 0.4) is 0 Å². The van der Waals surface area contributed by atoms with E-state index in [1.807, 2.05) is 0 Å².